The monoisotopic (exact) mass is 269 g/mol. The first-order valence-electron chi connectivity index (χ1n) is 6.07. The van der Waals surface area contributed by atoms with Crippen molar-refractivity contribution in [1.82, 2.24) is 9.97 Å². The molecule has 0 atom stereocenters. The Labute approximate surface area is 117 Å². The number of hydrogen-bond donors (Lipinski definition) is 0. The van der Waals surface area contributed by atoms with Crippen LogP contribution in [0.1, 0.15) is 17.1 Å². The second kappa shape index (κ2) is 5.57. The van der Waals surface area contributed by atoms with Crippen molar-refractivity contribution in [3.8, 4) is 28.8 Å². The Bertz CT molecular complexity index is 690. The lowest BCUT2D eigenvalue weighted by molar-refractivity contribution is 0.395. The summed E-state index contributed by atoms with van der Waals surface area (Å²) >= 11 is 0. The van der Waals surface area contributed by atoms with Crippen molar-refractivity contribution < 1.29 is 9.47 Å². The molecule has 0 bridgehead atoms. The standard InChI is InChI=1S/C15H15N3O2/c1-9-5-12(19-3)7-14(20-4)15(9)13-6-11(8-16)17-10(2)18-13/h5-7H,1-4H3. The quantitative estimate of drug-likeness (QED) is 0.856. The molecule has 0 aliphatic rings. The second-order valence-corrected chi connectivity index (χ2v) is 4.32. The van der Waals surface area contributed by atoms with E-state index < -0.39 is 0 Å². The van der Waals surface area contributed by atoms with Gasteiger partial charge in [-0.15, -0.1) is 0 Å². The predicted octanol–water partition coefficient (Wildman–Crippen LogP) is 2.65. The molecule has 2 rings (SSSR count). The van der Waals surface area contributed by atoms with Crippen LogP contribution in [0.5, 0.6) is 11.5 Å². The first-order chi connectivity index (χ1) is 9.58. The van der Waals surface area contributed by atoms with Gasteiger partial charge < -0.3 is 9.47 Å². The Hall–Kier alpha value is -2.61. The highest BCUT2D eigenvalue weighted by molar-refractivity contribution is 5.73. The van der Waals surface area contributed by atoms with Crippen molar-refractivity contribution in [3.05, 3.63) is 35.3 Å². The largest absolute Gasteiger partial charge is 0.497 e. The summed E-state index contributed by atoms with van der Waals surface area (Å²) in [5, 5.41) is 9.02. The molecule has 0 radical (unpaired) electrons. The molecule has 2 aromatic rings. The molecule has 20 heavy (non-hydrogen) atoms. The van der Waals surface area contributed by atoms with Crippen molar-refractivity contribution >= 4 is 0 Å². The number of aromatic nitrogens is 2. The lowest BCUT2D eigenvalue weighted by atomic mass is 10.0. The number of benzene rings is 1. The van der Waals surface area contributed by atoms with Gasteiger partial charge in [0.2, 0.25) is 0 Å². The summed E-state index contributed by atoms with van der Waals surface area (Å²) in [7, 11) is 3.20. The molecule has 0 spiro atoms. The summed E-state index contributed by atoms with van der Waals surface area (Å²) in [6.07, 6.45) is 0. The first-order valence-corrected chi connectivity index (χ1v) is 6.07. The normalized spacial score (nSPS) is 9.95. The highest BCUT2D eigenvalue weighted by Crippen LogP contribution is 2.35. The third-order valence-corrected chi connectivity index (χ3v) is 2.94. The van der Waals surface area contributed by atoms with Crippen LogP contribution < -0.4 is 9.47 Å². The number of hydrogen-bond acceptors (Lipinski definition) is 5. The molecule has 102 valence electrons. The van der Waals surface area contributed by atoms with Gasteiger partial charge in [-0.1, -0.05) is 0 Å². The van der Waals surface area contributed by atoms with Gasteiger partial charge >= 0.3 is 0 Å². The van der Waals surface area contributed by atoms with Gasteiger partial charge in [0.05, 0.1) is 19.9 Å². The zero-order valence-electron chi connectivity index (χ0n) is 11.9. The van der Waals surface area contributed by atoms with Crippen molar-refractivity contribution in [2.24, 2.45) is 0 Å². The van der Waals surface area contributed by atoms with Gasteiger partial charge in [-0.25, -0.2) is 9.97 Å². The molecule has 0 fully saturated rings. The van der Waals surface area contributed by atoms with E-state index in [1.807, 2.05) is 19.1 Å². The van der Waals surface area contributed by atoms with Crippen molar-refractivity contribution in [2.75, 3.05) is 14.2 Å². The van der Waals surface area contributed by atoms with Crippen molar-refractivity contribution in [3.63, 3.8) is 0 Å². The van der Waals surface area contributed by atoms with Crippen LogP contribution in [-0.4, -0.2) is 24.2 Å². The number of nitriles is 1. The van der Waals surface area contributed by atoms with E-state index in [0.717, 1.165) is 16.9 Å². The van der Waals surface area contributed by atoms with Gasteiger partial charge in [0.15, 0.2) is 0 Å². The van der Waals surface area contributed by atoms with Gasteiger partial charge in [0.25, 0.3) is 0 Å². The zero-order chi connectivity index (χ0) is 14.7. The number of rotatable bonds is 3. The van der Waals surface area contributed by atoms with Gasteiger partial charge in [-0.05, 0) is 25.5 Å². The summed E-state index contributed by atoms with van der Waals surface area (Å²) < 4.78 is 10.6. The average Bonchev–Trinajstić information content (AvgIpc) is 2.45. The van der Waals surface area contributed by atoms with E-state index in [-0.39, 0.29) is 0 Å². The highest BCUT2D eigenvalue weighted by Gasteiger charge is 2.14. The summed E-state index contributed by atoms with van der Waals surface area (Å²) in [5.41, 5.74) is 2.81. The van der Waals surface area contributed by atoms with Crippen LogP contribution in [0.15, 0.2) is 18.2 Å². The van der Waals surface area contributed by atoms with E-state index in [1.54, 1.807) is 33.3 Å². The fourth-order valence-corrected chi connectivity index (χ4v) is 2.08. The maximum Gasteiger partial charge on any atom is 0.144 e. The number of ether oxygens (including phenoxy) is 2. The van der Waals surface area contributed by atoms with E-state index in [4.69, 9.17) is 14.7 Å². The second-order valence-electron chi connectivity index (χ2n) is 4.32. The molecule has 0 saturated heterocycles. The van der Waals surface area contributed by atoms with Gasteiger partial charge in [-0.2, -0.15) is 5.26 Å². The van der Waals surface area contributed by atoms with Crippen molar-refractivity contribution in [1.29, 1.82) is 5.26 Å². The van der Waals surface area contributed by atoms with Gasteiger partial charge in [-0.3, -0.25) is 0 Å². The lowest BCUT2D eigenvalue weighted by Gasteiger charge is -2.13. The van der Waals surface area contributed by atoms with E-state index >= 15 is 0 Å². The third-order valence-electron chi connectivity index (χ3n) is 2.94. The van der Waals surface area contributed by atoms with E-state index in [9.17, 15) is 0 Å². The van der Waals surface area contributed by atoms with Gasteiger partial charge in [0, 0.05) is 17.7 Å². The maximum absolute atomic E-state index is 9.02. The molecule has 0 aliphatic heterocycles. The number of nitrogens with zero attached hydrogens (tertiary/aromatic N) is 3. The minimum atomic E-state index is 0.338. The van der Waals surface area contributed by atoms with Crippen molar-refractivity contribution in [2.45, 2.75) is 13.8 Å². The highest BCUT2D eigenvalue weighted by atomic mass is 16.5. The molecule has 1 heterocycles. The van der Waals surface area contributed by atoms with Crippen LogP contribution in [-0.2, 0) is 0 Å². The third kappa shape index (κ3) is 2.54. The molecule has 0 saturated carbocycles. The fourth-order valence-electron chi connectivity index (χ4n) is 2.08. The first kappa shape index (κ1) is 13.8. The summed E-state index contributed by atoms with van der Waals surface area (Å²) in [6, 6.07) is 7.40. The number of methoxy groups -OCH3 is 2. The van der Waals surface area contributed by atoms with Crippen LogP contribution in [0, 0.1) is 25.2 Å². The van der Waals surface area contributed by atoms with Crippen LogP contribution in [0.25, 0.3) is 11.3 Å². The van der Waals surface area contributed by atoms with Crippen LogP contribution in [0.3, 0.4) is 0 Å². The Balaban J connectivity index is 2.69. The maximum atomic E-state index is 9.02. The SMILES string of the molecule is COc1cc(C)c(-c2cc(C#N)nc(C)n2)c(OC)c1. The molecule has 0 N–H and O–H groups in total. The molecular formula is C15H15N3O2. The Kier molecular flexibility index (Phi) is 3.85. The van der Waals surface area contributed by atoms with Gasteiger partial charge in [0.1, 0.15) is 29.1 Å². The smallest absolute Gasteiger partial charge is 0.144 e. The molecule has 5 nitrogen and oxygen atoms in total. The fraction of sp³-hybridized carbons (Fsp3) is 0.267. The minimum absolute atomic E-state index is 0.338. The zero-order valence-corrected chi connectivity index (χ0v) is 11.9. The summed E-state index contributed by atoms with van der Waals surface area (Å²) in [5.74, 6) is 1.93. The molecule has 0 aliphatic carbocycles. The summed E-state index contributed by atoms with van der Waals surface area (Å²) in [4.78, 5) is 8.45. The Morgan fingerprint density at radius 2 is 1.80 bits per heavy atom. The summed E-state index contributed by atoms with van der Waals surface area (Å²) in [6.45, 7) is 3.71. The average molecular weight is 269 g/mol. The molecule has 5 heteroatoms. The molecule has 0 unspecified atom stereocenters. The lowest BCUT2D eigenvalue weighted by Crippen LogP contribution is -1.99. The minimum Gasteiger partial charge on any atom is -0.497 e. The Morgan fingerprint density at radius 1 is 1.05 bits per heavy atom. The molecule has 1 aromatic carbocycles. The Morgan fingerprint density at radius 3 is 2.40 bits per heavy atom. The van der Waals surface area contributed by atoms with E-state index in [0.29, 0.717) is 23.0 Å². The topological polar surface area (TPSA) is 68.0 Å². The van der Waals surface area contributed by atoms with E-state index in [1.165, 1.54) is 0 Å². The van der Waals surface area contributed by atoms with Crippen LogP contribution in [0.4, 0.5) is 0 Å². The van der Waals surface area contributed by atoms with Crippen LogP contribution in [0.2, 0.25) is 0 Å². The molecular weight excluding hydrogens is 254 g/mol. The molecule has 1 aromatic heterocycles. The van der Waals surface area contributed by atoms with E-state index in [2.05, 4.69) is 9.97 Å². The predicted molar refractivity (Wildman–Crippen MR) is 74.8 cm³/mol. The molecule has 0 amide bonds. The van der Waals surface area contributed by atoms with Crippen LogP contribution >= 0.6 is 0 Å². The number of aryl methyl sites for hydroxylation is 2.